The Labute approximate surface area is 195 Å². The summed E-state index contributed by atoms with van der Waals surface area (Å²) in [6, 6.07) is 12.6. The number of unbranched alkanes of at least 4 members (excludes halogenated alkanes) is 3. The molecule has 0 spiro atoms. The van der Waals surface area contributed by atoms with Crippen molar-refractivity contribution < 1.29 is 14.3 Å². The molecule has 7 heteroatoms. The molecule has 0 saturated heterocycles. The van der Waals surface area contributed by atoms with Gasteiger partial charge in [0.1, 0.15) is 5.75 Å². The molecule has 1 saturated carbocycles. The van der Waals surface area contributed by atoms with Crippen molar-refractivity contribution in [1.82, 2.24) is 5.32 Å². The van der Waals surface area contributed by atoms with Gasteiger partial charge in [-0.3, -0.25) is 14.9 Å². The molecule has 3 rings (SSSR count). The molecule has 0 atom stereocenters. The molecule has 2 aromatic carbocycles. The highest BCUT2D eigenvalue weighted by Crippen LogP contribution is 2.31. The molecule has 3 N–H and O–H groups in total. The summed E-state index contributed by atoms with van der Waals surface area (Å²) in [6.07, 6.45) is 6.51. The van der Waals surface area contributed by atoms with Crippen LogP contribution in [0.2, 0.25) is 0 Å². The van der Waals surface area contributed by atoms with Crippen molar-refractivity contribution >= 4 is 40.5 Å². The number of amides is 2. The molecule has 0 radical (unpaired) electrons. The average molecular weight is 454 g/mol. The van der Waals surface area contributed by atoms with E-state index in [2.05, 4.69) is 22.9 Å². The van der Waals surface area contributed by atoms with E-state index < -0.39 is 0 Å². The maximum atomic E-state index is 12.5. The van der Waals surface area contributed by atoms with Crippen LogP contribution in [0.15, 0.2) is 42.5 Å². The van der Waals surface area contributed by atoms with Crippen molar-refractivity contribution in [1.29, 1.82) is 0 Å². The summed E-state index contributed by atoms with van der Waals surface area (Å²) in [5.41, 5.74) is 2.89. The number of benzene rings is 2. The number of rotatable bonds is 10. The normalized spacial score (nSPS) is 12.7. The fourth-order valence-corrected chi connectivity index (χ4v) is 3.38. The fraction of sp³-hybridized carbons (Fsp3) is 0.400. The van der Waals surface area contributed by atoms with Crippen molar-refractivity contribution in [2.24, 2.45) is 5.92 Å². The first-order chi connectivity index (χ1) is 15.5. The lowest BCUT2D eigenvalue weighted by Gasteiger charge is -2.13. The molecular formula is C25H31N3O3S. The Hall–Kier alpha value is -2.93. The summed E-state index contributed by atoms with van der Waals surface area (Å²) in [7, 11) is 0. The molecular weight excluding hydrogens is 422 g/mol. The second-order valence-electron chi connectivity index (χ2n) is 8.13. The van der Waals surface area contributed by atoms with Gasteiger partial charge in [-0.2, -0.15) is 0 Å². The summed E-state index contributed by atoms with van der Waals surface area (Å²) in [5.74, 6) is 0.629. The molecule has 0 unspecified atom stereocenters. The maximum Gasteiger partial charge on any atom is 0.257 e. The number of anilines is 2. The summed E-state index contributed by atoms with van der Waals surface area (Å²) >= 11 is 5.29. The smallest absolute Gasteiger partial charge is 0.257 e. The van der Waals surface area contributed by atoms with E-state index in [1.165, 1.54) is 12.8 Å². The molecule has 1 aliphatic rings. The minimum absolute atomic E-state index is 0.0505. The van der Waals surface area contributed by atoms with Gasteiger partial charge in [0, 0.05) is 22.9 Å². The van der Waals surface area contributed by atoms with Crippen LogP contribution in [0.3, 0.4) is 0 Å². The van der Waals surface area contributed by atoms with Crippen LogP contribution in [0.25, 0.3) is 0 Å². The lowest BCUT2D eigenvalue weighted by Crippen LogP contribution is -2.34. The van der Waals surface area contributed by atoms with E-state index in [0.717, 1.165) is 42.7 Å². The predicted octanol–water partition coefficient (Wildman–Crippen LogP) is 5.43. The molecule has 0 bridgehead atoms. The quantitative estimate of drug-likeness (QED) is 0.330. The molecule has 0 aromatic heterocycles. The number of nitrogens with one attached hydrogen (secondary N) is 3. The minimum Gasteiger partial charge on any atom is -0.494 e. The first-order valence-corrected chi connectivity index (χ1v) is 11.6. The van der Waals surface area contributed by atoms with Crippen LogP contribution in [0.5, 0.6) is 5.75 Å². The highest BCUT2D eigenvalue weighted by Gasteiger charge is 2.29. The standard InChI is InChI=1S/C25H31N3O3S/c1-3-4-5-6-15-31-21-13-10-19(11-14-21)24(30)28-25(32)26-20-12-7-17(2)22(16-20)27-23(29)18-8-9-18/h7,10-14,16,18H,3-6,8-9,15H2,1-2H3,(H,27,29)(H2,26,28,30,32). The summed E-state index contributed by atoms with van der Waals surface area (Å²) in [6.45, 7) is 4.80. The van der Waals surface area contributed by atoms with Crippen LogP contribution in [0, 0.1) is 12.8 Å². The molecule has 1 fully saturated rings. The van der Waals surface area contributed by atoms with E-state index in [0.29, 0.717) is 17.9 Å². The van der Waals surface area contributed by atoms with Gasteiger partial charge in [0.2, 0.25) is 5.91 Å². The highest BCUT2D eigenvalue weighted by atomic mass is 32.1. The van der Waals surface area contributed by atoms with Crippen molar-refractivity contribution in [3.63, 3.8) is 0 Å². The van der Waals surface area contributed by atoms with E-state index in [1.54, 1.807) is 24.3 Å². The second kappa shape index (κ2) is 11.6. The average Bonchev–Trinajstić information content (AvgIpc) is 3.62. The SMILES string of the molecule is CCCCCCOc1ccc(C(=O)NC(=S)Nc2ccc(C)c(NC(=O)C3CC3)c2)cc1. The van der Waals surface area contributed by atoms with Crippen molar-refractivity contribution in [2.45, 2.75) is 52.4 Å². The number of aryl methyl sites for hydroxylation is 1. The number of carbonyl (C=O) groups excluding carboxylic acids is 2. The number of ether oxygens (including phenoxy) is 1. The Bertz CT molecular complexity index is 955. The Balaban J connectivity index is 1.49. The van der Waals surface area contributed by atoms with E-state index in [-0.39, 0.29) is 22.8 Å². The maximum absolute atomic E-state index is 12.5. The van der Waals surface area contributed by atoms with Gasteiger partial charge in [-0.25, -0.2) is 0 Å². The first kappa shape index (κ1) is 23.7. The zero-order chi connectivity index (χ0) is 22.9. The van der Waals surface area contributed by atoms with E-state index >= 15 is 0 Å². The van der Waals surface area contributed by atoms with Gasteiger partial charge in [0.05, 0.1) is 6.61 Å². The van der Waals surface area contributed by atoms with Gasteiger partial charge in [-0.15, -0.1) is 0 Å². The van der Waals surface area contributed by atoms with Gasteiger partial charge < -0.3 is 15.4 Å². The minimum atomic E-state index is -0.300. The number of carbonyl (C=O) groups is 2. The predicted molar refractivity (Wildman–Crippen MR) is 132 cm³/mol. The Morgan fingerprint density at radius 2 is 1.78 bits per heavy atom. The topological polar surface area (TPSA) is 79.5 Å². The molecule has 2 aromatic rings. The van der Waals surface area contributed by atoms with Gasteiger partial charge in [-0.1, -0.05) is 32.3 Å². The highest BCUT2D eigenvalue weighted by molar-refractivity contribution is 7.80. The number of hydrogen-bond acceptors (Lipinski definition) is 4. The lowest BCUT2D eigenvalue weighted by molar-refractivity contribution is -0.117. The summed E-state index contributed by atoms with van der Waals surface area (Å²) in [5, 5.41) is 8.84. The third-order valence-electron chi connectivity index (χ3n) is 5.31. The van der Waals surface area contributed by atoms with Crippen LogP contribution in [0.4, 0.5) is 11.4 Å². The lowest BCUT2D eigenvalue weighted by atomic mass is 10.1. The summed E-state index contributed by atoms with van der Waals surface area (Å²) < 4.78 is 5.71. The molecule has 32 heavy (non-hydrogen) atoms. The molecule has 170 valence electrons. The fourth-order valence-electron chi connectivity index (χ4n) is 3.17. The molecule has 2 amide bonds. The van der Waals surface area contributed by atoms with Crippen molar-refractivity contribution in [3.05, 3.63) is 53.6 Å². The van der Waals surface area contributed by atoms with Crippen molar-refractivity contribution in [3.8, 4) is 5.75 Å². The van der Waals surface area contributed by atoms with Crippen LogP contribution in [-0.4, -0.2) is 23.5 Å². The second-order valence-corrected chi connectivity index (χ2v) is 8.54. The molecule has 6 nitrogen and oxygen atoms in total. The van der Waals surface area contributed by atoms with Gasteiger partial charge >= 0.3 is 0 Å². The largest absolute Gasteiger partial charge is 0.494 e. The monoisotopic (exact) mass is 453 g/mol. The summed E-state index contributed by atoms with van der Waals surface area (Å²) in [4.78, 5) is 24.6. The van der Waals surface area contributed by atoms with Crippen LogP contribution >= 0.6 is 12.2 Å². The van der Waals surface area contributed by atoms with Gasteiger partial charge in [0.15, 0.2) is 5.11 Å². The first-order valence-electron chi connectivity index (χ1n) is 11.2. The molecule has 1 aliphatic carbocycles. The third kappa shape index (κ3) is 7.34. The number of thiocarbonyl (C=S) groups is 1. The Morgan fingerprint density at radius 1 is 1.03 bits per heavy atom. The zero-order valence-corrected chi connectivity index (χ0v) is 19.5. The van der Waals surface area contributed by atoms with Crippen LogP contribution in [-0.2, 0) is 4.79 Å². The molecule has 0 aliphatic heterocycles. The Morgan fingerprint density at radius 3 is 2.47 bits per heavy atom. The zero-order valence-electron chi connectivity index (χ0n) is 18.7. The van der Waals surface area contributed by atoms with Gasteiger partial charge in [0.25, 0.3) is 5.91 Å². The van der Waals surface area contributed by atoms with E-state index in [1.807, 2.05) is 25.1 Å². The van der Waals surface area contributed by atoms with Crippen molar-refractivity contribution in [2.75, 3.05) is 17.2 Å². The third-order valence-corrected chi connectivity index (χ3v) is 5.52. The van der Waals surface area contributed by atoms with Crippen LogP contribution < -0.4 is 20.7 Å². The molecule has 0 heterocycles. The number of hydrogen-bond donors (Lipinski definition) is 3. The van der Waals surface area contributed by atoms with Crippen LogP contribution in [0.1, 0.15) is 61.4 Å². The Kier molecular flexibility index (Phi) is 8.62. The van der Waals surface area contributed by atoms with Gasteiger partial charge in [-0.05, 0) is 80.4 Å². The van der Waals surface area contributed by atoms with E-state index in [4.69, 9.17) is 17.0 Å². The van der Waals surface area contributed by atoms with E-state index in [9.17, 15) is 9.59 Å².